The fourth-order valence-electron chi connectivity index (χ4n) is 1.67. The van der Waals surface area contributed by atoms with Crippen molar-refractivity contribution in [2.45, 2.75) is 13.3 Å². The minimum atomic E-state index is -0.594. The third-order valence-electron chi connectivity index (χ3n) is 2.69. The van der Waals surface area contributed by atoms with Gasteiger partial charge in [-0.3, -0.25) is 10.1 Å². The van der Waals surface area contributed by atoms with Gasteiger partial charge in [0.05, 0.1) is 4.92 Å². The van der Waals surface area contributed by atoms with E-state index >= 15 is 0 Å². The van der Waals surface area contributed by atoms with Gasteiger partial charge in [0.1, 0.15) is 5.75 Å². The number of nitrogens with zero attached hydrogens (tertiary/aromatic N) is 2. The molecule has 0 aliphatic rings. The van der Waals surface area contributed by atoms with Crippen LogP contribution in [0.3, 0.4) is 0 Å². The summed E-state index contributed by atoms with van der Waals surface area (Å²) in [6.45, 7) is 1.98. The second-order valence-electron chi connectivity index (χ2n) is 4.02. The van der Waals surface area contributed by atoms with Crippen LogP contribution in [0.25, 0.3) is 0 Å². The first kappa shape index (κ1) is 14.1. The molecule has 0 atom stereocenters. The van der Waals surface area contributed by atoms with E-state index in [-0.39, 0.29) is 17.4 Å². The fourth-order valence-corrected chi connectivity index (χ4v) is 1.92. The Labute approximate surface area is 120 Å². The predicted octanol–water partition coefficient (Wildman–Crippen LogP) is 3.58. The summed E-state index contributed by atoms with van der Waals surface area (Å²) in [7, 11) is 0. The van der Waals surface area contributed by atoms with Gasteiger partial charge in [0, 0.05) is 17.2 Å². The Morgan fingerprint density at radius 2 is 2.15 bits per heavy atom. The molecule has 7 heteroatoms. The standard InChI is InChI=1S/C13H12ClN3O3/c1-2-8-7-9(3-4-10(8)14)20-12-6-5-11(17(18)19)13(15)16-12/h3-7H,2H2,1H3,(H2,15,16). The molecule has 1 aromatic heterocycles. The number of aryl methyl sites for hydroxylation is 1. The lowest BCUT2D eigenvalue weighted by atomic mass is 10.1. The zero-order valence-electron chi connectivity index (χ0n) is 10.7. The molecule has 0 unspecified atom stereocenters. The molecule has 1 aromatic carbocycles. The summed E-state index contributed by atoms with van der Waals surface area (Å²) in [5, 5.41) is 11.3. The molecule has 0 radical (unpaired) electrons. The Morgan fingerprint density at radius 3 is 2.75 bits per heavy atom. The summed E-state index contributed by atoms with van der Waals surface area (Å²) in [5.41, 5.74) is 6.20. The maximum atomic E-state index is 10.6. The van der Waals surface area contributed by atoms with E-state index in [1.165, 1.54) is 12.1 Å². The van der Waals surface area contributed by atoms with E-state index in [0.717, 1.165) is 12.0 Å². The smallest absolute Gasteiger partial charge is 0.311 e. The van der Waals surface area contributed by atoms with Crippen LogP contribution in [-0.2, 0) is 6.42 Å². The summed E-state index contributed by atoms with van der Waals surface area (Å²) in [4.78, 5) is 13.9. The normalized spacial score (nSPS) is 10.3. The molecule has 104 valence electrons. The first-order chi connectivity index (χ1) is 9.51. The van der Waals surface area contributed by atoms with Crippen molar-refractivity contribution in [1.82, 2.24) is 4.98 Å². The van der Waals surface area contributed by atoms with Crippen LogP contribution in [0.15, 0.2) is 30.3 Å². The second kappa shape index (κ2) is 5.75. The number of anilines is 1. The summed E-state index contributed by atoms with van der Waals surface area (Å²) in [6, 6.07) is 7.87. The molecule has 1 heterocycles. The molecule has 0 bridgehead atoms. The fraction of sp³-hybridized carbons (Fsp3) is 0.154. The number of nitrogens with two attached hydrogens (primary N) is 1. The number of ether oxygens (including phenoxy) is 1. The third kappa shape index (κ3) is 2.97. The van der Waals surface area contributed by atoms with E-state index in [1.54, 1.807) is 18.2 Å². The van der Waals surface area contributed by atoms with Crippen molar-refractivity contribution in [3.8, 4) is 11.6 Å². The molecule has 0 spiro atoms. The SMILES string of the molecule is CCc1cc(Oc2ccc([N+](=O)[O-])c(N)n2)ccc1Cl. The number of hydrogen-bond donors (Lipinski definition) is 1. The Hall–Kier alpha value is -2.34. The monoisotopic (exact) mass is 293 g/mol. The third-order valence-corrected chi connectivity index (χ3v) is 3.06. The maximum absolute atomic E-state index is 10.6. The van der Waals surface area contributed by atoms with E-state index < -0.39 is 4.92 Å². The Morgan fingerprint density at radius 1 is 1.40 bits per heavy atom. The minimum Gasteiger partial charge on any atom is -0.439 e. The van der Waals surface area contributed by atoms with Crippen molar-refractivity contribution in [3.05, 3.63) is 51.0 Å². The molecule has 2 aromatic rings. The molecule has 0 saturated heterocycles. The van der Waals surface area contributed by atoms with E-state index in [4.69, 9.17) is 22.1 Å². The Balaban J connectivity index is 2.26. The minimum absolute atomic E-state index is 0.183. The number of nitro groups is 1. The topological polar surface area (TPSA) is 91.3 Å². The van der Waals surface area contributed by atoms with E-state index in [0.29, 0.717) is 10.8 Å². The summed E-state index contributed by atoms with van der Waals surface area (Å²) >= 11 is 6.01. The van der Waals surface area contributed by atoms with Crippen molar-refractivity contribution >= 4 is 23.1 Å². The first-order valence-electron chi connectivity index (χ1n) is 5.88. The van der Waals surface area contributed by atoms with E-state index in [9.17, 15) is 10.1 Å². The number of rotatable bonds is 4. The number of benzene rings is 1. The molecule has 0 amide bonds. The quantitative estimate of drug-likeness (QED) is 0.687. The molecular formula is C13H12ClN3O3. The van der Waals surface area contributed by atoms with Gasteiger partial charge in [-0.25, -0.2) is 0 Å². The van der Waals surface area contributed by atoms with E-state index in [1.807, 2.05) is 6.92 Å². The summed E-state index contributed by atoms with van der Waals surface area (Å²) in [6.07, 6.45) is 0.770. The van der Waals surface area contributed by atoms with Crippen molar-refractivity contribution in [3.63, 3.8) is 0 Å². The number of nitrogen functional groups attached to an aromatic ring is 1. The zero-order chi connectivity index (χ0) is 14.7. The highest BCUT2D eigenvalue weighted by molar-refractivity contribution is 6.31. The summed E-state index contributed by atoms with van der Waals surface area (Å²) in [5.74, 6) is 0.557. The van der Waals surface area contributed by atoms with Gasteiger partial charge in [0.15, 0.2) is 0 Å². The largest absolute Gasteiger partial charge is 0.439 e. The highest BCUT2D eigenvalue weighted by Gasteiger charge is 2.13. The zero-order valence-corrected chi connectivity index (χ0v) is 11.4. The number of halogens is 1. The molecule has 6 nitrogen and oxygen atoms in total. The molecule has 0 aliphatic heterocycles. The highest BCUT2D eigenvalue weighted by Crippen LogP contribution is 2.28. The van der Waals surface area contributed by atoms with Gasteiger partial charge in [-0.2, -0.15) is 4.98 Å². The Kier molecular flexibility index (Phi) is 4.05. The van der Waals surface area contributed by atoms with Gasteiger partial charge < -0.3 is 10.5 Å². The van der Waals surface area contributed by atoms with Crippen LogP contribution in [0.5, 0.6) is 11.6 Å². The van der Waals surface area contributed by atoms with Crippen molar-refractivity contribution < 1.29 is 9.66 Å². The number of pyridine rings is 1. The average Bonchev–Trinajstić information content (AvgIpc) is 2.40. The van der Waals surface area contributed by atoms with Crippen LogP contribution < -0.4 is 10.5 Å². The lowest BCUT2D eigenvalue weighted by Gasteiger charge is -2.08. The first-order valence-corrected chi connectivity index (χ1v) is 6.26. The van der Waals surface area contributed by atoms with Crippen LogP contribution in [0, 0.1) is 10.1 Å². The molecule has 0 fully saturated rings. The molecule has 2 rings (SSSR count). The van der Waals surface area contributed by atoms with Gasteiger partial charge in [-0.05, 0) is 30.2 Å². The van der Waals surface area contributed by atoms with Crippen molar-refractivity contribution in [2.75, 3.05) is 5.73 Å². The molecule has 2 N–H and O–H groups in total. The second-order valence-corrected chi connectivity index (χ2v) is 4.43. The maximum Gasteiger partial charge on any atom is 0.311 e. The number of aromatic nitrogens is 1. The molecule has 0 aliphatic carbocycles. The Bertz CT molecular complexity index is 661. The lowest BCUT2D eigenvalue weighted by Crippen LogP contribution is -1.99. The molecular weight excluding hydrogens is 282 g/mol. The van der Waals surface area contributed by atoms with Crippen LogP contribution >= 0.6 is 11.6 Å². The predicted molar refractivity (Wildman–Crippen MR) is 76.2 cm³/mol. The lowest BCUT2D eigenvalue weighted by molar-refractivity contribution is -0.384. The van der Waals surface area contributed by atoms with Gasteiger partial charge >= 0.3 is 5.69 Å². The number of hydrogen-bond acceptors (Lipinski definition) is 5. The molecule has 20 heavy (non-hydrogen) atoms. The van der Waals surface area contributed by atoms with Crippen LogP contribution in [0.1, 0.15) is 12.5 Å². The van der Waals surface area contributed by atoms with Gasteiger partial charge in [0.2, 0.25) is 11.7 Å². The van der Waals surface area contributed by atoms with Crippen LogP contribution in [0.2, 0.25) is 5.02 Å². The van der Waals surface area contributed by atoms with Gasteiger partial charge in [0.25, 0.3) is 0 Å². The van der Waals surface area contributed by atoms with Gasteiger partial charge in [-0.1, -0.05) is 18.5 Å². The van der Waals surface area contributed by atoms with Gasteiger partial charge in [-0.15, -0.1) is 0 Å². The molecule has 0 saturated carbocycles. The highest BCUT2D eigenvalue weighted by atomic mass is 35.5. The van der Waals surface area contributed by atoms with Crippen LogP contribution in [0.4, 0.5) is 11.5 Å². The van der Waals surface area contributed by atoms with E-state index in [2.05, 4.69) is 4.98 Å². The van der Waals surface area contributed by atoms with Crippen molar-refractivity contribution in [1.29, 1.82) is 0 Å². The van der Waals surface area contributed by atoms with Crippen LogP contribution in [-0.4, -0.2) is 9.91 Å². The summed E-state index contributed by atoms with van der Waals surface area (Å²) < 4.78 is 5.52. The van der Waals surface area contributed by atoms with Crippen molar-refractivity contribution in [2.24, 2.45) is 0 Å². The average molecular weight is 294 g/mol.